The Morgan fingerprint density at radius 1 is 1.21 bits per heavy atom. The van der Waals surface area contributed by atoms with E-state index in [2.05, 4.69) is 5.92 Å². The lowest BCUT2D eigenvalue weighted by Gasteiger charge is -2.03. The molecule has 4 heteroatoms. The molecule has 0 aliphatic heterocycles. The van der Waals surface area contributed by atoms with Gasteiger partial charge in [0.15, 0.2) is 0 Å². The van der Waals surface area contributed by atoms with Gasteiger partial charge in [-0.05, 0) is 35.3 Å². The number of carbonyl (C=O) groups excluding carboxylic acids is 2. The van der Waals surface area contributed by atoms with Crippen molar-refractivity contribution < 1.29 is 9.59 Å². The molecule has 0 unspecified atom stereocenters. The van der Waals surface area contributed by atoms with E-state index in [4.69, 9.17) is 29.6 Å². The standard InChI is InChI=1S/C10H4Cl2O2/c1-2-6-4-3-5-7(9(11)13)8(6)10(12)14/h1,3-5H. The molecule has 14 heavy (non-hydrogen) atoms. The van der Waals surface area contributed by atoms with E-state index in [1.807, 2.05) is 0 Å². The minimum atomic E-state index is -0.789. The van der Waals surface area contributed by atoms with Crippen molar-refractivity contribution in [3.63, 3.8) is 0 Å². The molecule has 0 aromatic heterocycles. The Balaban J connectivity index is 3.53. The largest absolute Gasteiger partial charge is 0.276 e. The maximum Gasteiger partial charge on any atom is 0.254 e. The van der Waals surface area contributed by atoms with Crippen LogP contribution in [0.5, 0.6) is 0 Å². The molecule has 0 radical (unpaired) electrons. The van der Waals surface area contributed by atoms with Crippen LogP contribution in [-0.2, 0) is 0 Å². The normalized spacial score (nSPS) is 9.21. The third-order valence-corrected chi connectivity index (χ3v) is 2.02. The van der Waals surface area contributed by atoms with E-state index in [-0.39, 0.29) is 16.7 Å². The molecule has 70 valence electrons. The molecule has 0 amide bonds. The smallest absolute Gasteiger partial charge is 0.254 e. The van der Waals surface area contributed by atoms with Gasteiger partial charge in [-0.25, -0.2) is 0 Å². The number of carbonyl (C=O) groups is 2. The molecule has 1 aromatic rings. The molecule has 0 spiro atoms. The van der Waals surface area contributed by atoms with Crippen LogP contribution >= 0.6 is 23.2 Å². The van der Waals surface area contributed by atoms with Crippen LogP contribution in [0.3, 0.4) is 0 Å². The number of hydrogen-bond acceptors (Lipinski definition) is 2. The Morgan fingerprint density at radius 2 is 1.86 bits per heavy atom. The highest BCUT2D eigenvalue weighted by Gasteiger charge is 2.16. The van der Waals surface area contributed by atoms with Crippen LogP contribution in [0.2, 0.25) is 0 Å². The lowest BCUT2D eigenvalue weighted by atomic mass is 10.0. The van der Waals surface area contributed by atoms with Gasteiger partial charge in [-0.15, -0.1) is 6.42 Å². The Kier molecular flexibility index (Phi) is 3.29. The number of halogens is 2. The van der Waals surface area contributed by atoms with Crippen molar-refractivity contribution in [2.75, 3.05) is 0 Å². The van der Waals surface area contributed by atoms with Gasteiger partial charge in [0.05, 0.1) is 5.56 Å². The van der Waals surface area contributed by atoms with Crippen molar-refractivity contribution in [2.45, 2.75) is 0 Å². The number of hydrogen-bond donors (Lipinski definition) is 0. The van der Waals surface area contributed by atoms with Crippen LogP contribution in [0.1, 0.15) is 26.3 Å². The van der Waals surface area contributed by atoms with E-state index in [1.54, 1.807) is 0 Å². The van der Waals surface area contributed by atoms with E-state index in [0.29, 0.717) is 0 Å². The zero-order valence-corrected chi connectivity index (χ0v) is 8.39. The van der Waals surface area contributed by atoms with Crippen molar-refractivity contribution in [2.24, 2.45) is 0 Å². The van der Waals surface area contributed by atoms with E-state index in [0.717, 1.165) is 0 Å². The summed E-state index contributed by atoms with van der Waals surface area (Å²) in [5.41, 5.74) is 0.273. The van der Waals surface area contributed by atoms with E-state index in [1.165, 1.54) is 18.2 Å². The molecule has 2 nitrogen and oxygen atoms in total. The van der Waals surface area contributed by atoms with Crippen molar-refractivity contribution in [1.29, 1.82) is 0 Å². The van der Waals surface area contributed by atoms with Gasteiger partial charge in [-0.1, -0.05) is 12.0 Å². The molecule has 0 saturated carbocycles. The third-order valence-electron chi connectivity index (χ3n) is 1.63. The van der Waals surface area contributed by atoms with E-state index >= 15 is 0 Å². The Bertz CT molecular complexity index is 444. The van der Waals surface area contributed by atoms with Gasteiger partial charge in [-0.3, -0.25) is 9.59 Å². The lowest BCUT2D eigenvalue weighted by Crippen LogP contribution is -2.03. The topological polar surface area (TPSA) is 34.1 Å². The van der Waals surface area contributed by atoms with Crippen LogP contribution in [0.15, 0.2) is 18.2 Å². The average Bonchev–Trinajstić information content (AvgIpc) is 2.16. The minimum Gasteiger partial charge on any atom is -0.276 e. The summed E-state index contributed by atoms with van der Waals surface area (Å²) in [7, 11) is 0. The Hall–Kier alpha value is -1.30. The highest BCUT2D eigenvalue weighted by Crippen LogP contribution is 2.18. The lowest BCUT2D eigenvalue weighted by molar-refractivity contribution is 0.105. The highest BCUT2D eigenvalue weighted by atomic mass is 35.5. The van der Waals surface area contributed by atoms with Gasteiger partial charge in [0, 0.05) is 11.1 Å². The molecule has 1 aromatic carbocycles. The van der Waals surface area contributed by atoms with Crippen LogP contribution in [0, 0.1) is 12.3 Å². The van der Waals surface area contributed by atoms with Crippen LogP contribution in [0.4, 0.5) is 0 Å². The summed E-state index contributed by atoms with van der Waals surface area (Å²) >= 11 is 10.6. The summed E-state index contributed by atoms with van der Waals surface area (Å²) < 4.78 is 0. The predicted molar refractivity (Wildman–Crippen MR) is 54.7 cm³/mol. The first kappa shape index (κ1) is 10.8. The average molecular weight is 227 g/mol. The fraction of sp³-hybridized carbons (Fsp3) is 0. The first-order valence-electron chi connectivity index (χ1n) is 3.57. The molecule has 1 rings (SSSR count). The summed E-state index contributed by atoms with van der Waals surface area (Å²) in [5.74, 6) is 2.26. The van der Waals surface area contributed by atoms with Crippen molar-refractivity contribution in [3.8, 4) is 12.3 Å². The fourth-order valence-electron chi connectivity index (χ4n) is 1.05. The molecule has 0 atom stereocenters. The zero-order valence-electron chi connectivity index (χ0n) is 6.88. The minimum absolute atomic E-state index is 0.0170. The first-order chi connectivity index (χ1) is 6.57. The van der Waals surface area contributed by atoms with E-state index < -0.39 is 10.5 Å². The van der Waals surface area contributed by atoms with Gasteiger partial charge in [0.1, 0.15) is 0 Å². The van der Waals surface area contributed by atoms with Crippen LogP contribution < -0.4 is 0 Å². The molecule has 0 fully saturated rings. The molecule has 0 aliphatic rings. The summed E-state index contributed by atoms with van der Waals surface area (Å²) in [5, 5.41) is -1.55. The second kappa shape index (κ2) is 4.28. The van der Waals surface area contributed by atoms with Crippen molar-refractivity contribution in [1.82, 2.24) is 0 Å². The summed E-state index contributed by atoms with van der Waals surface area (Å²) in [6, 6.07) is 4.44. The monoisotopic (exact) mass is 226 g/mol. The molecule has 0 bridgehead atoms. The van der Waals surface area contributed by atoms with Crippen molar-refractivity contribution in [3.05, 3.63) is 34.9 Å². The van der Waals surface area contributed by atoms with E-state index in [9.17, 15) is 9.59 Å². The predicted octanol–water partition coefficient (Wildman–Crippen LogP) is 2.43. The molecule has 0 aliphatic carbocycles. The number of terminal acetylenes is 1. The quantitative estimate of drug-likeness (QED) is 0.574. The van der Waals surface area contributed by atoms with Gasteiger partial charge < -0.3 is 0 Å². The number of rotatable bonds is 2. The van der Waals surface area contributed by atoms with Crippen molar-refractivity contribution >= 4 is 33.7 Å². The maximum absolute atomic E-state index is 11.0. The second-order valence-electron chi connectivity index (χ2n) is 2.42. The molecule has 0 heterocycles. The summed E-state index contributed by atoms with van der Waals surface area (Å²) in [6.07, 6.45) is 5.14. The molecule has 0 saturated heterocycles. The van der Waals surface area contributed by atoms with Gasteiger partial charge in [0.25, 0.3) is 10.5 Å². The third kappa shape index (κ3) is 1.95. The maximum atomic E-state index is 11.0. The second-order valence-corrected chi connectivity index (χ2v) is 3.11. The first-order valence-corrected chi connectivity index (χ1v) is 4.32. The Morgan fingerprint density at radius 3 is 2.29 bits per heavy atom. The Labute approximate surface area is 90.8 Å². The van der Waals surface area contributed by atoms with Gasteiger partial charge in [-0.2, -0.15) is 0 Å². The van der Waals surface area contributed by atoms with Crippen LogP contribution in [-0.4, -0.2) is 10.5 Å². The highest BCUT2D eigenvalue weighted by molar-refractivity contribution is 6.72. The summed E-state index contributed by atoms with van der Waals surface area (Å²) in [4.78, 5) is 21.9. The fourth-order valence-corrected chi connectivity index (χ4v) is 1.41. The number of benzene rings is 1. The van der Waals surface area contributed by atoms with Gasteiger partial charge in [0.2, 0.25) is 0 Å². The van der Waals surface area contributed by atoms with Crippen LogP contribution in [0.25, 0.3) is 0 Å². The molecular formula is C10H4Cl2O2. The molecular weight excluding hydrogens is 223 g/mol. The SMILES string of the molecule is C#Cc1cccc(C(=O)Cl)c1C(=O)Cl. The zero-order chi connectivity index (χ0) is 10.7. The molecule has 0 N–H and O–H groups in total. The van der Waals surface area contributed by atoms with Gasteiger partial charge >= 0.3 is 0 Å². The summed E-state index contributed by atoms with van der Waals surface area (Å²) in [6.45, 7) is 0.